The molecule has 3 heteroatoms. The second-order valence-electron chi connectivity index (χ2n) is 10.7. The first kappa shape index (κ1) is 32.0. The van der Waals surface area contributed by atoms with Crippen LogP contribution in [0.3, 0.4) is 0 Å². The predicted molar refractivity (Wildman–Crippen MR) is 203 cm³/mol. The van der Waals surface area contributed by atoms with Crippen LogP contribution in [0.4, 0.5) is 22.7 Å². The first-order valence-electron chi connectivity index (χ1n) is 15.5. The molecule has 46 heavy (non-hydrogen) atoms. The topological polar surface area (TPSA) is 6.48 Å². The summed E-state index contributed by atoms with van der Waals surface area (Å²) < 4.78 is 0. The molecule has 0 bridgehead atoms. The van der Waals surface area contributed by atoms with Crippen LogP contribution in [0.5, 0.6) is 0 Å². The molecule has 4 aromatic carbocycles. The number of hydrogen-bond acceptors (Lipinski definition) is 3. The molecular formula is C43H40N2S. The lowest BCUT2D eigenvalue weighted by Crippen LogP contribution is -2.19. The van der Waals surface area contributed by atoms with E-state index in [9.17, 15) is 0 Å². The molecule has 0 fully saturated rings. The summed E-state index contributed by atoms with van der Waals surface area (Å²) in [6.07, 6.45) is 15.9. The molecule has 2 nitrogen and oxygen atoms in total. The summed E-state index contributed by atoms with van der Waals surface area (Å²) >= 11 is 1.83. The Bertz CT molecular complexity index is 1830. The van der Waals surface area contributed by atoms with Gasteiger partial charge in [-0.1, -0.05) is 104 Å². The summed E-state index contributed by atoms with van der Waals surface area (Å²) in [6.45, 7) is 14.2. The van der Waals surface area contributed by atoms with Gasteiger partial charge in [0.1, 0.15) is 0 Å². The molecule has 5 rings (SSSR count). The molecule has 0 amide bonds. The zero-order valence-corrected chi connectivity index (χ0v) is 27.6. The third kappa shape index (κ3) is 7.28. The largest absolute Gasteiger partial charge is 0.311 e. The van der Waals surface area contributed by atoms with Gasteiger partial charge in [0, 0.05) is 49.5 Å². The van der Waals surface area contributed by atoms with E-state index in [2.05, 4.69) is 163 Å². The molecule has 5 aromatic rings. The SMILES string of the molecule is C=C/C=C\C(=C/C)N(/C(C=C)=C/C=C\C)c1ccc(-c2cc(C)sc2-c2ccc(N(c3ccccc3)c3ccccc3)cc2)cc1. The molecule has 0 saturated carbocycles. The highest BCUT2D eigenvalue weighted by molar-refractivity contribution is 7.16. The number of allylic oxidation sites excluding steroid dienone is 8. The first-order chi connectivity index (χ1) is 22.6. The zero-order chi connectivity index (χ0) is 32.3. The van der Waals surface area contributed by atoms with Crippen LogP contribution >= 0.6 is 11.3 Å². The number of para-hydroxylation sites is 2. The lowest BCUT2D eigenvalue weighted by atomic mass is 10.0. The van der Waals surface area contributed by atoms with Crippen molar-refractivity contribution in [3.05, 3.63) is 193 Å². The van der Waals surface area contributed by atoms with E-state index in [1.165, 1.54) is 26.4 Å². The Labute approximate surface area is 278 Å². The number of aryl methyl sites for hydroxylation is 1. The van der Waals surface area contributed by atoms with Crippen molar-refractivity contribution in [2.75, 3.05) is 9.80 Å². The van der Waals surface area contributed by atoms with E-state index < -0.39 is 0 Å². The number of anilines is 4. The summed E-state index contributed by atoms with van der Waals surface area (Å²) in [4.78, 5) is 7.05. The molecule has 0 aliphatic carbocycles. The van der Waals surface area contributed by atoms with Crippen molar-refractivity contribution in [3.8, 4) is 21.6 Å². The van der Waals surface area contributed by atoms with Gasteiger partial charge in [0.25, 0.3) is 0 Å². The third-order valence-corrected chi connectivity index (χ3v) is 8.69. The number of benzene rings is 4. The Morgan fingerprint density at radius 1 is 0.652 bits per heavy atom. The maximum absolute atomic E-state index is 4.10. The minimum Gasteiger partial charge on any atom is -0.311 e. The van der Waals surface area contributed by atoms with Crippen LogP contribution in [0.15, 0.2) is 188 Å². The Hall–Kier alpha value is -5.38. The summed E-state index contributed by atoms with van der Waals surface area (Å²) in [5, 5.41) is 0. The second kappa shape index (κ2) is 15.6. The minimum atomic E-state index is 0.986. The van der Waals surface area contributed by atoms with E-state index in [4.69, 9.17) is 0 Å². The first-order valence-corrected chi connectivity index (χ1v) is 16.3. The van der Waals surface area contributed by atoms with Crippen LogP contribution in [0.2, 0.25) is 0 Å². The van der Waals surface area contributed by atoms with Crippen molar-refractivity contribution >= 4 is 34.1 Å². The van der Waals surface area contributed by atoms with Crippen LogP contribution in [-0.4, -0.2) is 0 Å². The molecule has 1 heterocycles. The molecule has 0 saturated heterocycles. The fourth-order valence-electron chi connectivity index (χ4n) is 5.44. The molecule has 0 aliphatic heterocycles. The second-order valence-corrected chi connectivity index (χ2v) is 11.9. The highest BCUT2D eigenvalue weighted by Crippen LogP contribution is 2.42. The lowest BCUT2D eigenvalue weighted by Gasteiger charge is -2.27. The van der Waals surface area contributed by atoms with Crippen molar-refractivity contribution in [2.45, 2.75) is 20.8 Å². The van der Waals surface area contributed by atoms with Gasteiger partial charge in [0.2, 0.25) is 0 Å². The van der Waals surface area contributed by atoms with Crippen LogP contribution in [0.25, 0.3) is 21.6 Å². The normalized spacial score (nSPS) is 12.1. The molecule has 0 atom stereocenters. The van der Waals surface area contributed by atoms with Gasteiger partial charge >= 0.3 is 0 Å². The van der Waals surface area contributed by atoms with Crippen molar-refractivity contribution in [3.63, 3.8) is 0 Å². The molecule has 0 radical (unpaired) electrons. The van der Waals surface area contributed by atoms with Gasteiger partial charge in [-0.2, -0.15) is 0 Å². The van der Waals surface area contributed by atoms with Gasteiger partial charge in [0.15, 0.2) is 0 Å². The lowest BCUT2D eigenvalue weighted by molar-refractivity contribution is 1.14. The number of nitrogens with zero attached hydrogens (tertiary/aromatic N) is 2. The van der Waals surface area contributed by atoms with Gasteiger partial charge in [-0.25, -0.2) is 0 Å². The van der Waals surface area contributed by atoms with E-state index in [0.717, 1.165) is 34.1 Å². The minimum absolute atomic E-state index is 0.986. The highest BCUT2D eigenvalue weighted by atomic mass is 32.1. The van der Waals surface area contributed by atoms with E-state index in [-0.39, 0.29) is 0 Å². The molecular weight excluding hydrogens is 577 g/mol. The van der Waals surface area contributed by atoms with Gasteiger partial charge < -0.3 is 9.80 Å². The highest BCUT2D eigenvalue weighted by Gasteiger charge is 2.17. The standard InChI is InChI=1S/C43H40N2S/c1-6-10-18-36(8-3)44(37(9-4)19-11-7-2)40-28-24-34(25-29-40)42-32-33(5)46-43(42)35-26-30-41(31-27-35)45(38-20-14-12-15-21-38)39-22-16-13-17-23-39/h6-32H,1,4H2,2-3,5H3/b11-7-,18-10-,36-8+,37-19+. The van der Waals surface area contributed by atoms with Crippen LogP contribution in [0.1, 0.15) is 18.7 Å². The quantitative estimate of drug-likeness (QED) is 0.129. The summed E-state index contributed by atoms with van der Waals surface area (Å²) in [5.74, 6) is 0. The van der Waals surface area contributed by atoms with Gasteiger partial charge in [-0.3, -0.25) is 0 Å². The molecule has 1 aromatic heterocycles. The molecule has 0 aliphatic rings. The molecule has 0 unspecified atom stereocenters. The fraction of sp³-hybridized carbons (Fsp3) is 0.0698. The Morgan fingerprint density at radius 2 is 1.22 bits per heavy atom. The van der Waals surface area contributed by atoms with Gasteiger partial charge in [0.05, 0.1) is 0 Å². The van der Waals surface area contributed by atoms with Crippen LogP contribution < -0.4 is 9.80 Å². The van der Waals surface area contributed by atoms with E-state index in [1.54, 1.807) is 6.08 Å². The smallest absolute Gasteiger partial charge is 0.0462 e. The molecule has 0 N–H and O–H groups in total. The Balaban J connectivity index is 1.50. The average Bonchev–Trinajstić information content (AvgIpc) is 3.50. The maximum atomic E-state index is 4.10. The summed E-state index contributed by atoms with van der Waals surface area (Å²) in [5.41, 5.74) is 10.1. The van der Waals surface area contributed by atoms with Crippen molar-refractivity contribution in [1.82, 2.24) is 0 Å². The zero-order valence-electron chi connectivity index (χ0n) is 26.8. The average molecular weight is 617 g/mol. The summed E-state index contributed by atoms with van der Waals surface area (Å²) in [7, 11) is 0. The Kier molecular flexibility index (Phi) is 10.8. The maximum Gasteiger partial charge on any atom is 0.0462 e. The number of thiophene rings is 1. The van der Waals surface area contributed by atoms with Gasteiger partial charge in [-0.15, -0.1) is 11.3 Å². The number of hydrogen-bond donors (Lipinski definition) is 0. The Morgan fingerprint density at radius 3 is 1.76 bits per heavy atom. The van der Waals surface area contributed by atoms with Crippen LogP contribution in [-0.2, 0) is 0 Å². The van der Waals surface area contributed by atoms with E-state index in [0.29, 0.717) is 0 Å². The van der Waals surface area contributed by atoms with Gasteiger partial charge in [-0.05, 0) is 105 Å². The summed E-state index contributed by atoms with van der Waals surface area (Å²) in [6, 6.07) is 41.1. The monoisotopic (exact) mass is 616 g/mol. The van der Waals surface area contributed by atoms with Crippen LogP contribution in [0, 0.1) is 6.92 Å². The molecule has 228 valence electrons. The predicted octanol–water partition coefficient (Wildman–Crippen LogP) is 13.0. The van der Waals surface area contributed by atoms with E-state index in [1.807, 2.05) is 49.5 Å². The van der Waals surface area contributed by atoms with Crippen molar-refractivity contribution < 1.29 is 0 Å². The number of rotatable bonds is 12. The molecule has 0 spiro atoms. The van der Waals surface area contributed by atoms with E-state index >= 15 is 0 Å². The third-order valence-electron chi connectivity index (χ3n) is 7.59. The van der Waals surface area contributed by atoms with Crippen molar-refractivity contribution in [1.29, 1.82) is 0 Å². The van der Waals surface area contributed by atoms with Crippen molar-refractivity contribution in [2.24, 2.45) is 0 Å². The fourth-order valence-corrected chi connectivity index (χ4v) is 6.48.